The summed E-state index contributed by atoms with van der Waals surface area (Å²) >= 11 is 0. The lowest BCUT2D eigenvalue weighted by Crippen LogP contribution is -2.56. The molecule has 0 saturated heterocycles. The standard InChI is InChI=1S/C21H26N2O5/c1-21(14-28-2,23-20(27)12-16-5-9-18(25)10-6-16)13-22-19(26)11-15-3-7-17(24)8-4-15/h3-10,24-25H,11-14H2,1-2H3,(H,22,26)(H,23,27)/t21-/m1/s1. The Kier molecular flexibility index (Phi) is 7.40. The van der Waals surface area contributed by atoms with E-state index in [0.29, 0.717) is 0 Å². The molecule has 7 nitrogen and oxygen atoms in total. The SMILES string of the molecule is COC[C@@](C)(CNC(=O)Cc1ccc(O)cc1)NC(=O)Cc1ccc(O)cc1. The third kappa shape index (κ3) is 6.92. The summed E-state index contributed by atoms with van der Waals surface area (Å²) in [7, 11) is 1.53. The molecule has 7 heteroatoms. The van der Waals surface area contributed by atoms with Crippen molar-refractivity contribution in [2.45, 2.75) is 25.3 Å². The zero-order valence-corrected chi connectivity index (χ0v) is 16.1. The molecule has 0 heterocycles. The molecule has 0 aliphatic carbocycles. The van der Waals surface area contributed by atoms with E-state index < -0.39 is 5.54 Å². The monoisotopic (exact) mass is 386 g/mol. The lowest BCUT2D eigenvalue weighted by Gasteiger charge is -2.30. The first-order valence-corrected chi connectivity index (χ1v) is 8.92. The number of aromatic hydroxyl groups is 2. The second-order valence-electron chi connectivity index (χ2n) is 7.01. The van der Waals surface area contributed by atoms with Crippen LogP contribution in [0.1, 0.15) is 18.1 Å². The minimum atomic E-state index is -0.770. The highest BCUT2D eigenvalue weighted by Crippen LogP contribution is 2.12. The van der Waals surface area contributed by atoms with Crippen LogP contribution in [0.2, 0.25) is 0 Å². The van der Waals surface area contributed by atoms with Gasteiger partial charge in [-0.25, -0.2) is 0 Å². The summed E-state index contributed by atoms with van der Waals surface area (Å²) in [5, 5.41) is 24.3. The van der Waals surface area contributed by atoms with Gasteiger partial charge in [0.2, 0.25) is 11.8 Å². The summed E-state index contributed by atoms with van der Waals surface area (Å²) in [6.07, 6.45) is 0.325. The van der Waals surface area contributed by atoms with Gasteiger partial charge < -0.3 is 25.6 Å². The minimum absolute atomic E-state index is 0.143. The number of amides is 2. The van der Waals surface area contributed by atoms with Crippen molar-refractivity contribution in [3.8, 4) is 11.5 Å². The van der Waals surface area contributed by atoms with E-state index in [1.165, 1.54) is 31.4 Å². The first-order valence-electron chi connectivity index (χ1n) is 8.92. The first kappa shape index (κ1) is 21.2. The molecule has 2 aromatic carbocycles. The van der Waals surface area contributed by atoms with E-state index in [-0.39, 0.29) is 49.3 Å². The number of methoxy groups -OCH3 is 1. The maximum Gasteiger partial charge on any atom is 0.224 e. The summed E-state index contributed by atoms with van der Waals surface area (Å²) in [4.78, 5) is 24.6. The van der Waals surface area contributed by atoms with E-state index in [4.69, 9.17) is 4.74 Å². The fraction of sp³-hybridized carbons (Fsp3) is 0.333. The predicted molar refractivity (Wildman–Crippen MR) is 105 cm³/mol. The zero-order chi connectivity index (χ0) is 20.6. The Balaban J connectivity index is 1.90. The largest absolute Gasteiger partial charge is 0.508 e. The van der Waals surface area contributed by atoms with Crippen LogP contribution in [0.3, 0.4) is 0 Å². The number of carbonyl (C=O) groups excluding carboxylic acids is 2. The van der Waals surface area contributed by atoms with Gasteiger partial charge in [0.15, 0.2) is 0 Å². The van der Waals surface area contributed by atoms with Crippen molar-refractivity contribution in [1.29, 1.82) is 0 Å². The van der Waals surface area contributed by atoms with Crippen molar-refractivity contribution in [3.05, 3.63) is 59.7 Å². The third-order valence-corrected chi connectivity index (χ3v) is 4.18. The zero-order valence-electron chi connectivity index (χ0n) is 16.1. The molecular formula is C21H26N2O5. The summed E-state index contributed by atoms with van der Waals surface area (Å²) in [5.41, 5.74) is 0.777. The average molecular weight is 386 g/mol. The van der Waals surface area contributed by atoms with E-state index in [2.05, 4.69) is 10.6 Å². The van der Waals surface area contributed by atoms with Gasteiger partial charge in [0.05, 0.1) is 25.0 Å². The maximum absolute atomic E-state index is 12.4. The molecule has 0 aliphatic heterocycles. The Labute approximate surface area is 164 Å². The molecule has 4 N–H and O–H groups in total. The van der Waals surface area contributed by atoms with Gasteiger partial charge in [-0.15, -0.1) is 0 Å². The smallest absolute Gasteiger partial charge is 0.224 e. The molecule has 0 fully saturated rings. The van der Waals surface area contributed by atoms with E-state index in [1.807, 2.05) is 0 Å². The van der Waals surface area contributed by atoms with Gasteiger partial charge in [0.25, 0.3) is 0 Å². The molecule has 0 saturated carbocycles. The van der Waals surface area contributed by atoms with Crippen molar-refractivity contribution < 1.29 is 24.5 Å². The van der Waals surface area contributed by atoms with E-state index in [1.54, 1.807) is 31.2 Å². The van der Waals surface area contributed by atoms with Crippen LogP contribution in [0.4, 0.5) is 0 Å². The molecule has 150 valence electrons. The van der Waals surface area contributed by atoms with Gasteiger partial charge in [-0.3, -0.25) is 9.59 Å². The molecule has 0 radical (unpaired) electrons. The molecule has 0 bridgehead atoms. The number of phenolic OH excluding ortho intramolecular Hbond substituents is 2. The van der Waals surface area contributed by atoms with Gasteiger partial charge >= 0.3 is 0 Å². The number of hydrogen-bond acceptors (Lipinski definition) is 5. The highest BCUT2D eigenvalue weighted by molar-refractivity contribution is 5.80. The summed E-state index contributed by atoms with van der Waals surface area (Å²) in [6, 6.07) is 12.8. The van der Waals surface area contributed by atoms with Crippen LogP contribution in [-0.4, -0.2) is 47.8 Å². The molecule has 1 atom stereocenters. The van der Waals surface area contributed by atoms with Crippen LogP contribution in [0.25, 0.3) is 0 Å². The Morgan fingerprint density at radius 3 is 1.82 bits per heavy atom. The summed E-state index contributed by atoms with van der Waals surface area (Å²) < 4.78 is 5.21. The second kappa shape index (κ2) is 9.75. The van der Waals surface area contributed by atoms with Crippen molar-refractivity contribution in [2.24, 2.45) is 0 Å². The Morgan fingerprint density at radius 2 is 1.36 bits per heavy atom. The number of phenols is 2. The fourth-order valence-electron chi connectivity index (χ4n) is 2.79. The molecule has 2 amide bonds. The summed E-state index contributed by atoms with van der Waals surface area (Å²) in [6.45, 7) is 2.24. The quantitative estimate of drug-likeness (QED) is 0.523. The number of carbonyl (C=O) groups is 2. The topological polar surface area (TPSA) is 108 Å². The van der Waals surface area contributed by atoms with Crippen LogP contribution in [0, 0.1) is 0 Å². The minimum Gasteiger partial charge on any atom is -0.508 e. The van der Waals surface area contributed by atoms with Crippen LogP contribution < -0.4 is 10.6 Å². The van der Waals surface area contributed by atoms with Gasteiger partial charge in [-0.05, 0) is 42.3 Å². The molecule has 0 aromatic heterocycles. The normalized spacial score (nSPS) is 12.8. The highest BCUT2D eigenvalue weighted by Gasteiger charge is 2.27. The van der Waals surface area contributed by atoms with Crippen molar-refractivity contribution in [1.82, 2.24) is 10.6 Å². The Morgan fingerprint density at radius 1 is 0.893 bits per heavy atom. The number of ether oxygens (including phenoxy) is 1. The predicted octanol–water partition coefficient (Wildman–Crippen LogP) is 1.52. The molecule has 0 aliphatic rings. The third-order valence-electron chi connectivity index (χ3n) is 4.18. The number of rotatable bonds is 9. The lowest BCUT2D eigenvalue weighted by molar-refractivity contribution is -0.124. The molecule has 0 unspecified atom stereocenters. The maximum atomic E-state index is 12.4. The fourth-order valence-corrected chi connectivity index (χ4v) is 2.79. The average Bonchev–Trinajstić information content (AvgIpc) is 2.64. The van der Waals surface area contributed by atoms with Crippen molar-refractivity contribution in [2.75, 3.05) is 20.3 Å². The number of benzene rings is 2. The number of nitrogens with one attached hydrogen (secondary N) is 2. The second-order valence-corrected chi connectivity index (χ2v) is 7.01. The van der Waals surface area contributed by atoms with Gasteiger partial charge in [-0.2, -0.15) is 0 Å². The highest BCUT2D eigenvalue weighted by atomic mass is 16.5. The van der Waals surface area contributed by atoms with Crippen molar-refractivity contribution in [3.63, 3.8) is 0 Å². The van der Waals surface area contributed by atoms with Crippen LogP contribution in [0.15, 0.2) is 48.5 Å². The Hall–Kier alpha value is -3.06. The van der Waals surface area contributed by atoms with Crippen molar-refractivity contribution >= 4 is 11.8 Å². The van der Waals surface area contributed by atoms with Crippen LogP contribution in [-0.2, 0) is 27.2 Å². The number of hydrogen-bond donors (Lipinski definition) is 4. The first-order chi connectivity index (χ1) is 13.3. The van der Waals surface area contributed by atoms with E-state index in [0.717, 1.165) is 11.1 Å². The molecule has 2 aromatic rings. The molecule has 0 spiro atoms. The molecule has 2 rings (SSSR count). The lowest BCUT2D eigenvalue weighted by atomic mass is 10.0. The van der Waals surface area contributed by atoms with Crippen LogP contribution in [0.5, 0.6) is 11.5 Å². The van der Waals surface area contributed by atoms with Crippen LogP contribution >= 0.6 is 0 Å². The summed E-state index contributed by atoms with van der Waals surface area (Å²) in [5.74, 6) is -0.114. The molecular weight excluding hydrogens is 360 g/mol. The Bertz CT molecular complexity index is 789. The van der Waals surface area contributed by atoms with Gasteiger partial charge in [-0.1, -0.05) is 24.3 Å². The van der Waals surface area contributed by atoms with Gasteiger partial charge in [0, 0.05) is 13.7 Å². The van der Waals surface area contributed by atoms with Gasteiger partial charge in [0.1, 0.15) is 11.5 Å². The van der Waals surface area contributed by atoms with E-state index >= 15 is 0 Å². The molecule has 28 heavy (non-hydrogen) atoms. The van der Waals surface area contributed by atoms with E-state index in [9.17, 15) is 19.8 Å².